The van der Waals surface area contributed by atoms with Gasteiger partial charge in [0.25, 0.3) is 5.91 Å². The van der Waals surface area contributed by atoms with Gasteiger partial charge in [0, 0.05) is 11.9 Å². The fraction of sp³-hybridized carbons (Fsp3) is 0.400. The molecule has 16 heavy (non-hydrogen) atoms. The standard InChI is InChI=1S/C10H12BrNO3S/c1-5-4-7(8(11)16-5)9(13)12(3)6(2)10(14)15/h4,6H,1-3H3,(H,14,15). The maximum Gasteiger partial charge on any atom is 0.326 e. The largest absolute Gasteiger partial charge is 0.480 e. The third-order valence-electron chi connectivity index (χ3n) is 2.30. The summed E-state index contributed by atoms with van der Waals surface area (Å²) in [4.78, 5) is 25.0. The lowest BCUT2D eigenvalue weighted by atomic mass is 10.2. The van der Waals surface area contributed by atoms with Crippen LogP contribution < -0.4 is 0 Å². The molecule has 1 atom stereocenters. The highest BCUT2D eigenvalue weighted by Gasteiger charge is 2.24. The first kappa shape index (κ1) is 13.2. The summed E-state index contributed by atoms with van der Waals surface area (Å²) in [7, 11) is 1.49. The molecule has 0 aromatic carbocycles. The molecule has 1 heterocycles. The summed E-state index contributed by atoms with van der Waals surface area (Å²) in [6.07, 6.45) is 0. The number of carboxylic acid groups (broad SMARTS) is 1. The minimum atomic E-state index is -1.01. The predicted molar refractivity (Wildman–Crippen MR) is 65.9 cm³/mol. The van der Waals surface area contributed by atoms with Gasteiger partial charge in [-0.15, -0.1) is 11.3 Å². The predicted octanol–water partition coefficient (Wildman–Crippen LogP) is 2.36. The fourth-order valence-corrected chi connectivity index (χ4v) is 2.93. The Balaban J connectivity index is 2.94. The number of carbonyl (C=O) groups is 2. The van der Waals surface area contributed by atoms with Crippen molar-refractivity contribution in [1.82, 2.24) is 4.90 Å². The molecule has 1 rings (SSSR count). The summed E-state index contributed by atoms with van der Waals surface area (Å²) in [5.41, 5.74) is 0.512. The molecule has 1 amide bonds. The Morgan fingerprint density at radius 1 is 1.56 bits per heavy atom. The SMILES string of the molecule is Cc1cc(C(=O)N(C)C(C)C(=O)O)c(Br)s1. The van der Waals surface area contributed by atoms with Crippen LogP contribution in [0.5, 0.6) is 0 Å². The second kappa shape index (κ2) is 4.97. The van der Waals surface area contributed by atoms with E-state index in [1.54, 1.807) is 6.07 Å². The molecule has 6 heteroatoms. The zero-order valence-corrected chi connectivity index (χ0v) is 11.6. The van der Waals surface area contributed by atoms with E-state index >= 15 is 0 Å². The molecular weight excluding hydrogens is 294 g/mol. The maximum absolute atomic E-state index is 12.0. The van der Waals surface area contributed by atoms with Crippen LogP contribution in [0.2, 0.25) is 0 Å². The molecule has 0 spiro atoms. The van der Waals surface area contributed by atoms with Gasteiger partial charge in [0.2, 0.25) is 0 Å². The fourth-order valence-electron chi connectivity index (χ4n) is 1.16. The smallest absolute Gasteiger partial charge is 0.326 e. The van der Waals surface area contributed by atoms with Crippen LogP contribution in [0.15, 0.2) is 9.85 Å². The van der Waals surface area contributed by atoms with Gasteiger partial charge >= 0.3 is 5.97 Å². The van der Waals surface area contributed by atoms with Crippen LogP contribution in [0.3, 0.4) is 0 Å². The Hall–Kier alpha value is -0.880. The molecule has 0 aliphatic carbocycles. The van der Waals surface area contributed by atoms with Gasteiger partial charge in [-0.1, -0.05) is 0 Å². The average Bonchev–Trinajstić information content (AvgIpc) is 2.54. The normalized spacial score (nSPS) is 12.2. The van der Waals surface area contributed by atoms with Crippen molar-refractivity contribution < 1.29 is 14.7 Å². The number of rotatable bonds is 3. The Morgan fingerprint density at radius 3 is 2.50 bits per heavy atom. The van der Waals surface area contributed by atoms with Gasteiger partial charge in [-0.3, -0.25) is 4.79 Å². The van der Waals surface area contributed by atoms with Crippen LogP contribution in [0, 0.1) is 6.92 Å². The monoisotopic (exact) mass is 305 g/mol. The summed E-state index contributed by atoms with van der Waals surface area (Å²) in [5.74, 6) is -1.30. The van der Waals surface area contributed by atoms with Crippen LogP contribution in [-0.4, -0.2) is 35.0 Å². The van der Waals surface area contributed by atoms with Gasteiger partial charge in [-0.05, 0) is 35.8 Å². The molecule has 0 radical (unpaired) electrons. The van der Waals surface area contributed by atoms with E-state index in [-0.39, 0.29) is 5.91 Å². The molecular formula is C10H12BrNO3S. The number of hydrogen-bond acceptors (Lipinski definition) is 3. The minimum absolute atomic E-state index is 0.286. The molecule has 88 valence electrons. The Kier molecular flexibility index (Phi) is 4.09. The first-order valence-electron chi connectivity index (χ1n) is 4.60. The van der Waals surface area contributed by atoms with E-state index in [1.807, 2.05) is 6.92 Å². The van der Waals surface area contributed by atoms with E-state index in [1.165, 1.54) is 30.2 Å². The van der Waals surface area contributed by atoms with Crippen molar-refractivity contribution in [2.45, 2.75) is 19.9 Å². The Bertz CT molecular complexity index is 430. The lowest BCUT2D eigenvalue weighted by molar-refractivity contribution is -0.141. The third-order valence-corrected chi connectivity index (χ3v) is 4.05. The van der Waals surface area contributed by atoms with Crippen molar-refractivity contribution in [3.8, 4) is 0 Å². The summed E-state index contributed by atoms with van der Waals surface area (Å²) in [6, 6.07) is 0.918. The first-order chi connectivity index (χ1) is 7.34. The topological polar surface area (TPSA) is 57.6 Å². The zero-order valence-electron chi connectivity index (χ0n) is 9.15. The lowest BCUT2D eigenvalue weighted by Gasteiger charge is -2.21. The van der Waals surface area contributed by atoms with E-state index in [9.17, 15) is 9.59 Å². The summed E-state index contributed by atoms with van der Waals surface area (Å²) in [6.45, 7) is 3.38. The number of nitrogens with zero attached hydrogens (tertiary/aromatic N) is 1. The quantitative estimate of drug-likeness (QED) is 0.932. The van der Waals surface area contributed by atoms with E-state index in [2.05, 4.69) is 15.9 Å². The van der Waals surface area contributed by atoms with Crippen molar-refractivity contribution in [3.63, 3.8) is 0 Å². The number of hydrogen-bond donors (Lipinski definition) is 1. The van der Waals surface area contributed by atoms with E-state index in [4.69, 9.17) is 5.11 Å². The van der Waals surface area contributed by atoms with E-state index in [0.29, 0.717) is 5.56 Å². The molecule has 4 nitrogen and oxygen atoms in total. The Morgan fingerprint density at radius 2 is 2.12 bits per heavy atom. The highest BCUT2D eigenvalue weighted by Crippen LogP contribution is 2.28. The van der Waals surface area contributed by atoms with Crippen molar-refractivity contribution in [1.29, 1.82) is 0 Å². The highest BCUT2D eigenvalue weighted by atomic mass is 79.9. The van der Waals surface area contributed by atoms with Crippen LogP contribution in [-0.2, 0) is 4.79 Å². The molecule has 1 N–H and O–H groups in total. The van der Waals surface area contributed by atoms with Gasteiger partial charge in [-0.25, -0.2) is 4.79 Å². The van der Waals surface area contributed by atoms with Gasteiger partial charge in [0.1, 0.15) is 6.04 Å². The van der Waals surface area contributed by atoms with Crippen molar-refractivity contribution in [2.75, 3.05) is 7.05 Å². The van der Waals surface area contributed by atoms with Crippen LogP contribution >= 0.6 is 27.3 Å². The number of likely N-dealkylation sites (N-methyl/N-ethyl adjacent to an activating group) is 1. The van der Waals surface area contributed by atoms with Crippen LogP contribution in [0.25, 0.3) is 0 Å². The van der Waals surface area contributed by atoms with Crippen LogP contribution in [0.4, 0.5) is 0 Å². The molecule has 1 aromatic heterocycles. The van der Waals surface area contributed by atoms with Gasteiger partial charge in [0.15, 0.2) is 0 Å². The lowest BCUT2D eigenvalue weighted by Crippen LogP contribution is -2.40. The minimum Gasteiger partial charge on any atom is -0.480 e. The number of aryl methyl sites for hydroxylation is 1. The van der Waals surface area contributed by atoms with Crippen molar-refractivity contribution in [3.05, 3.63) is 20.3 Å². The number of carbonyl (C=O) groups excluding carboxylic acids is 1. The first-order valence-corrected chi connectivity index (χ1v) is 6.21. The third kappa shape index (κ3) is 2.62. The zero-order chi connectivity index (χ0) is 12.5. The summed E-state index contributed by atoms with van der Waals surface area (Å²) in [5, 5.41) is 8.82. The second-order valence-corrected chi connectivity index (χ2v) is 6.05. The number of amides is 1. The second-order valence-electron chi connectivity index (χ2n) is 3.47. The van der Waals surface area contributed by atoms with E-state index < -0.39 is 12.0 Å². The number of carboxylic acids is 1. The number of aliphatic carboxylic acids is 1. The van der Waals surface area contributed by atoms with Crippen molar-refractivity contribution >= 4 is 39.1 Å². The number of thiophene rings is 1. The van der Waals surface area contributed by atoms with Crippen LogP contribution in [0.1, 0.15) is 22.2 Å². The Labute approximate surface area is 106 Å². The van der Waals surface area contributed by atoms with Gasteiger partial charge in [0.05, 0.1) is 9.35 Å². The molecule has 0 saturated heterocycles. The molecule has 0 saturated carbocycles. The average molecular weight is 306 g/mol. The van der Waals surface area contributed by atoms with Crippen molar-refractivity contribution in [2.24, 2.45) is 0 Å². The maximum atomic E-state index is 12.0. The van der Waals surface area contributed by atoms with Gasteiger partial charge in [-0.2, -0.15) is 0 Å². The molecule has 0 aliphatic heterocycles. The summed E-state index contributed by atoms with van der Waals surface area (Å²) < 4.78 is 0.736. The molecule has 1 aromatic rings. The molecule has 0 fully saturated rings. The van der Waals surface area contributed by atoms with E-state index in [0.717, 1.165) is 8.66 Å². The highest BCUT2D eigenvalue weighted by molar-refractivity contribution is 9.11. The summed E-state index contributed by atoms with van der Waals surface area (Å²) >= 11 is 4.75. The molecule has 0 aliphatic rings. The number of halogens is 1. The molecule has 0 bridgehead atoms. The molecule has 1 unspecified atom stereocenters. The van der Waals surface area contributed by atoms with Gasteiger partial charge < -0.3 is 10.0 Å².